The van der Waals surface area contributed by atoms with Gasteiger partial charge in [0.25, 0.3) is 0 Å². The molecule has 1 saturated heterocycles. The summed E-state index contributed by atoms with van der Waals surface area (Å²) in [5, 5.41) is 32.9. The van der Waals surface area contributed by atoms with E-state index in [1.807, 2.05) is 6.92 Å². The molecule has 0 spiro atoms. The van der Waals surface area contributed by atoms with Crippen LogP contribution in [0.25, 0.3) is 0 Å². The summed E-state index contributed by atoms with van der Waals surface area (Å²) in [5.41, 5.74) is 1.45. The monoisotopic (exact) mass is 350 g/mol. The highest BCUT2D eigenvalue weighted by molar-refractivity contribution is 5.85. The number of phenolic OH excluding ortho intramolecular Hbond substituents is 3. The van der Waals surface area contributed by atoms with Gasteiger partial charge in [0.05, 0.1) is 5.56 Å². The van der Waals surface area contributed by atoms with Gasteiger partial charge in [0, 0.05) is 44.4 Å². The molecule has 1 aliphatic rings. The number of benzene rings is 1. The quantitative estimate of drug-likeness (QED) is 0.628. The topological polar surface area (TPSA) is 76.0 Å². The summed E-state index contributed by atoms with van der Waals surface area (Å²) in [7, 11) is 0. The Bertz CT molecular complexity index is 483. The number of hydrogen-bond acceptors (Lipinski definition) is 5. The van der Waals surface area contributed by atoms with E-state index in [-0.39, 0.29) is 48.1 Å². The second kappa shape index (κ2) is 9.10. The average Bonchev–Trinajstić information content (AvgIpc) is 2.37. The molecule has 22 heavy (non-hydrogen) atoms. The molecule has 2 rings (SSSR count). The van der Waals surface area contributed by atoms with E-state index in [1.165, 1.54) is 12.1 Å². The Morgan fingerprint density at radius 1 is 1.18 bits per heavy atom. The summed E-state index contributed by atoms with van der Waals surface area (Å²) < 4.78 is 0. The van der Waals surface area contributed by atoms with Crippen molar-refractivity contribution in [3.63, 3.8) is 0 Å². The third-order valence-electron chi connectivity index (χ3n) is 3.59. The maximum atomic E-state index is 10.1. The van der Waals surface area contributed by atoms with Gasteiger partial charge in [-0.05, 0) is 13.3 Å². The van der Waals surface area contributed by atoms with E-state index in [9.17, 15) is 15.3 Å². The van der Waals surface area contributed by atoms with E-state index in [4.69, 9.17) is 0 Å². The summed E-state index contributed by atoms with van der Waals surface area (Å²) in [4.78, 5) is 2.22. The molecule has 7 heteroatoms. The molecule has 0 bridgehead atoms. The summed E-state index contributed by atoms with van der Waals surface area (Å²) >= 11 is 0. The summed E-state index contributed by atoms with van der Waals surface area (Å²) in [5.74, 6) is -0.294. The maximum Gasteiger partial charge on any atom is 0.127 e. The Labute approximate surface area is 143 Å². The van der Waals surface area contributed by atoms with Gasteiger partial charge < -0.3 is 20.6 Å². The number of halogens is 2. The van der Waals surface area contributed by atoms with Crippen molar-refractivity contribution in [2.45, 2.75) is 19.4 Å². The lowest BCUT2D eigenvalue weighted by molar-refractivity contribution is 0.167. The van der Waals surface area contributed by atoms with Crippen molar-refractivity contribution >= 4 is 24.8 Å². The molecule has 1 aliphatic heterocycles. The van der Waals surface area contributed by atoms with Crippen LogP contribution in [0.5, 0.6) is 17.2 Å². The van der Waals surface area contributed by atoms with Crippen molar-refractivity contribution in [1.82, 2.24) is 10.2 Å². The van der Waals surface area contributed by atoms with Crippen molar-refractivity contribution in [2.24, 2.45) is 0 Å². The standard InChI is InChI=1S/C15H22N2O3.2ClH/c1-10(2)7-12(17-5-3-16-4-6-17)15-13(19)8-11(18)9-14(15)20;;/h8-9,12,16,18-20H,1,3-7H2,2H3;2*1H/t12-;;/m1../s1. The van der Waals surface area contributed by atoms with Crippen LogP contribution in [0.3, 0.4) is 0 Å². The summed E-state index contributed by atoms with van der Waals surface area (Å²) in [6.45, 7) is 9.32. The minimum absolute atomic E-state index is 0. The number of nitrogens with zero attached hydrogens (tertiary/aromatic N) is 1. The molecule has 0 amide bonds. The molecular formula is C15H24Cl2N2O3. The number of aromatic hydroxyl groups is 3. The van der Waals surface area contributed by atoms with Crippen LogP contribution in [-0.4, -0.2) is 46.4 Å². The van der Waals surface area contributed by atoms with Crippen molar-refractivity contribution in [1.29, 1.82) is 0 Å². The van der Waals surface area contributed by atoms with Gasteiger partial charge in [0.1, 0.15) is 17.2 Å². The molecule has 0 radical (unpaired) electrons. The second-order valence-corrected chi connectivity index (χ2v) is 5.36. The highest BCUT2D eigenvalue weighted by Crippen LogP contribution is 2.41. The lowest BCUT2D eigenvalue weighted by Crippen LogP contribution is -2.45. The first-order valence-corrected chi connectivity index (χ1v) is 6.83. The number of hydrogen-bond donors (Lipinski definition) is 4. The van der Waals surface area contributed by atoms with Crippen molar-refractivity contribution in [2.75, 3.05) is 26.2 Å². The third-order valence-corrected chi connectivity index (χ3v) is 3.59. The predicted octanol–water partition coefficient (Wildman–Crippen LogP) is 2.56. The van der Waals surface area contributed by atoms with E-state index >= 15 is 0 Å². The minimum Gasteiger partial charge on any atom is -0.508 e. The van der Waals surface area contributed by atoms with Gasteiger partial charge in [0.15, 0.2) is 0 Å². The first kappa shape index (κ1) is 20.9. The van der Waals surface area contributed by atoms with Crippen LogP contribution >= 0.6 is 24.8 Å². The van der Waals surface area contributed by atoms with Crippen LogP contribution in [0.1, 0.15) is 24.9 Å². The minimum atomic E-state index is -0.141. The Morgan fingerprint density at radius 2 is 1.68 bits per heavy atom. The molecule has 0 saturated carbocycles. The van der Waals surface area contributed by atoms with Crippen LogP contribution in [0, 0.1) is 0 Å². The molecular weight excluding hydrogens is 327 g/mol. The van der Waals surface area contributed by atoms with Crippen LogP contribution < -0.4 is 5.32 Å². The van der Waals surface area contributed by atoms with Crippen molar-refractivity contribution < 1.29 is 15.3 Å². The molecule has 0 aromatic heterocycles. The molecule has 126 valence electrons. The van der Waals surface area contributed by atoms with Gasteiger partial charge in [-0.25, -0.2) is 0 Å². The van der Waals surface area contributed by atoms with Gasteiger partial charge in [0.2, 0.25) is 0 Å². The molecule has 1 heterocycles. The number of nitrogens with one attached hydrogen (secondary N) is 1. The normalized spacial score (nSPS) is 16.2. The zero-order valence-corrected chi connectivity index (χ0v) is 14.2. The second-order valence-electron chi connectivity index (χ2n) is 5.36. The zero-order chi connectivity index (χ0) is 14.7. The third kappa shape index (κ3) is 4.95. The molecule has 1 fully saturated rings. The van der Waals surface area contributed by atoms with E-state index in [0.29, 0.717) is 12.0 Å². The highest BCUT2D eigenvalue weighted by Gasteiger charge is 2.27. The van der Waals surface area contributed by atoms with Crippen LogP contribution in [0.15, 0.2) is 24.3 Å². The summed E-state index contributed by atoms with van der Waals surface area (Å²) in [6.07, 6.45) is 0.659. The molecule has 1 aromatic carbocycles. The highest BCUT2D eigenvalue weighted by atomic mass is 35.5. The SMILES string of the molecule is C=C(C)C[C@H](c1c(O)cc(O)cc1O)N1CCNCC1.Cl.Cl. The fourth-order valence-electron chi connectivity index (χ4n) is 2.69. The molecule has 0 aliphatic carbocycles. The van der Waals surface area contributed by atoms with E-state index in [2.05, 4.69) is 16.8 Å². The molecule has 1 atom stereocenters. The van der Waals surface area contributed by atoms with Crippen molar-refractivity contribution in [3.8, 4) is 17.2 Å². The van der Waals surface area contributed by atoms with Gasteiger partial charge >= 0.3 is 0 Å². The first-order valence-electron chi connectivity index (χ1n) is 6.83. The number of rotatable bonds is 4. The van der Waals surface area contributed by atoms with Crippen LogP contribution in [0.4, 0.5) is 0 Å². The van der Waals surface area contributed by atoms with E-state index < -0.39 is 0 Å². The smallest absolute Gasteiger partial charge is 0.127 e. The van der Waals surface area contributed by atoms with E-state index in [0.717, 1.165) is 31.8 Å². The van der Waals surface area contributed by atoms with Gasteiger partial charge in [-0.15, -0.1) is 31.4 Å². The summed E-state index contributed by atoms with van der Waals surface area (Å²) in [6, 6.07) is 2.40. The van der Waals surface area contributed by atoms with Gasteiger partial charge in [-0.1, -0.05) is 5.57 Å². The Morgan fingerprint density at radius 3 is 2.14 bits per heavy atom. The Hall–Kier alpha value is -1.14. The fourth-order valence-corrected chi connectivity index (χ4v) is 2.69. The first-order chi connectivity index (χ1) is 9.49. The molecule has 5 nitrogen and oxygen atoms in total. The van der Waals surface area contributed by atoms with Crippen molar-refractivity contribution in [3.05, 3.63) is 29.8 Å². The largest absolute Gasteiger partial charge is 0.508 e. The van der Waals surface area contributed by atoms with Gasteiger partial charge in [-0.3, -0.25) is 4.90 Å². The lowest BCUT2D eigenvalue weighted by atomic mass is 9.96. The van der Waals surface area contributed by atoms with E-state index in [1.54, 1.807) is 0 Å². The van der Waals surface area contributed by atoms with Gasteiger partial charge in [-0.2, -0.15) is 0 Å². The van der Waals surface area contributed by atoms with Crippen LogP contribution in [-0.2, 0) is 0 Å². The molecule has 1 aromatic rings. The molecule has 4 N–H and O–H groups in total. The number of piperazine rings is 1. The average molecular weight is 351 g/mol. The lowest BCUT2D eigenvalue weighted by Gasteiger charge is -2.36. The molecule has 0 unspecified atom stereocenters. The zero-order valence-electron chi connectivity index (χ0n) is 12.6. The Kier molecular flexibility index (Phi) is 8.63. The van der Waals surface area contributed by atoms with Crippen LogP contribution in [0.2, 0.25) is 0 Å². The predicted molar refractivity (Wildman–Crippen MR) is 92.5 cm³/mol. The fraction of sp³-hybridized carbons (Fsp3) is 0.467. The Balaban J connectivity index is 0.00000220. The number of phenols is 3. The maximum absolute atomic E-state index is 10.1.